The summed E-state index contributed by atoms with van der Waals surface area (Å²) in [4.78, 5) is 14.4. The van der Waals surface area contributed by atoms with E-state index in [1.807, 2.05) is 0 Å². The van der Waals surface area contributed by atoms with E-state index in [1.165, 1.54) is 11.3 Å². The van der Waals surface area contributed by atoms with Crippen LogP contribution in [0.25, 0.3) is 0 Å². The molecular weight excluding hydrogens is 308 g/mol. The fourth-order valence-corrected chi connectivity index (χ4v) is 5.01. The molecule has 0 bridgehead atoms. The zero-order valence-electron chi connectivity index (χ0n) is 14.5. The predicted molar refractivity (Wildman–Crippen MR) is 96.3 cm³/mol. The third-order valence-electron chi connectivity index (χ3n) is 6.33. The molecule has 3 atom stereocenters. The molecule has 1 aliphatic carbocycles. The molecule has 4 heteroatoms. The van der Waals surface area contributed by atoms with E-state index in [0.717, 1.165) is 12.8 Å². The summed E-state index contributed by atoms with van der Waals surface area (Å²) in [5.74, 6) is 0.455. The van der Waals surface area contributed by atoms with Gasteiger partial charge < -0.3 is 10.2 Å². The summed E-state index contributed by atoms with van der Waals surface area (Å²) < 4.78 is 0. The number of hydrogen-bond acceptors (Lipinski definition) is 2. The number of nitrogens with zero attached hydrogens (tertiary/aromatic N) is 1. The summed E-state index contributed by atoms with van der Waals surface area (Å²) in [7, 11) is 2.19. The molecule has 2 aliphatic rings. The molecular formula is C19H27ClN2O. The molecule has 0 aromatic heterocycles. The van der Waals surface area contributed by atoms with Crippen molar-refractivity contribution in [2.45, 2.75) is 57.5 Å². The first kappa shape index (κ1) is 16.6. The summed E-state index contributed by atoms with van der Waals surface area (Å²) in [6, 6.07) is 9.38. The molecule has 1 fully saturated rings. The predicted octanol–water partition coefficient (Wildman–Crippen LogP) is 3.70. The Morgan fingerprint density at radius 1 is 1.35 bits per heavy atom. The number of anilines is 1. The quantitative estimate of drug-likeness (QED) is 0.855. The van der Waals surface area contributed by atoms with E-state index in [4.69, 9.17) is 11.6 Å². The van der Waals surface area contributed by atoms with Crippen LogP contribution in [0.5, 0.6) is 0 Å². The van der Waals surface area contributed by atoms with Gasteiger partial charge in [-0.3, -0.25) is 4.79 Å². The van der Waals surface area contributed by atoms with Crippen LogP contribution in [0.1, 0.15) is 45.6 Å². The van der Waals surface area contributed by atoms with E-state index in [2.05, 4.69) is 62.3 Å². The topological polar surface area (TPSA) is 32.3 Å². The third kappa shape index (κ3) is 2.44. The smallest absolute Gasteiger partial charge is 0.221 e. The van der Waals surface area contributed by atoms with Gasteiger partial charge in [0.1, 0.15) is 0 Å². The van der Waals surface area contributed by atoms with Gasteiger partial charge in [0, 0.05) is 42.5 Å². The maximum atomic E-state index is 12.0. The van der Waals surface area contributed by atoms with Crippen molar-refractivity contribution in [3.05, 3.63) is 29.8 Å². The minimum atomic E-state index is 0.0718. The largest absolute Gasteiger partial charge is 0.370 e. The number of para-hydroxylation sites is 1. The molecule has 3 unspecified atom stereocenters. The van der Waals surface area contributed by atoms with Gasteiger partial charge in [-0.2, -0.15) is 0 Å². The Bertz CT molecular complexity index is 615. The first-order valence-electron chi connectivity index (χ1n) is 8.49. The van der Waals surface area contributed by atoms with Crippen molar-refractivity contribution in [1.82, 2.24) is 5.32 Å². The highest BCUT2D eigenvalue weighted by Gasteiger charge is 2.58. The number of likely N-dealkylation sites (N-methyl/N-ethyl adjacent to an activating group) is 1. The van der Waals surface area contributed by atoms with Gasteiger partial charge in [-0.05, 0) is 29.9 Å². The Hall–Kier alpha value is -1.22. The second-order valence-electron chi connectivity index (χ2n) is 7.87. The van der Waals surface area contributed by atoms with E-state index in [-0.39, 0.29) is 22.8 Å². The van der Waals surface area contributed by atoms with Crippen molar-refractivity contribution >= 4 is 23.2 Å². The van der Waals surface area contributed by atoms with Crippen LogP contribution < -0.4 is 10.2 Å². The van der Waals surface area contributed by atoms with Gasteiger partial charge in [0.05, 0.1) is 0 Å². The summed E-state index contributed by atoms with van der Waals surface area (Å²) >= 11 is 5.70. The number of benzene rings is 1. The molecule has 0 spiro atoms. The highest BCUT2D eigenvalue weighted by molar-refractivity contribution is 6.18. The van der Waals surface area contributed by atoms with Crippen molar-refractivity contribution in [2.75, 3.05) is 17.8 Å². The first-order valence-corrected chi connectivity index (χ1v) is 9.02. The van der Waals surface area contributed by atoms with Crippen LogP contribution >= 0.6 is 11.6 Å². The Morgan fingerprint density at radius 2 is 2.04 bits per heavy atom. The second kappa shape index (κ2) is 5.70. The standard InChI is InChI=1S/C19H27ClN2O/c1-18(2)12-13(21-17(23)9-10-20)11-16-19(18,3)14-7-5-6-8-15(14)22(16)4/h5-8,13,16H,9-12H2,1-4H3,(H,21,23). The van der Waals surface area contributed by atoms with Gasteiger partial charge in [0.25, 0.3) is 0 Å². The van der Waals surface area contributed by atoms with Crippen LogP contribution in [0.2, 0.25) is 0 Å². The number of amides is 1. The van der Waals surface area contributed by atoms with E-state index >= 15 is 0 Å². The van der Waals surface area contributed by atoms with Gasteiger partial charge in [0.2, 0.25) is 5.91 Å². The Morgan fingerprint density at radius 3 is 2.74 bits per heavy atom. The normalized spacial score (nSPS) is 31.4. The van der Waals surface area contributed by atoms with E-state index in [9.17, 15) is 4.79 Å². The number of carbonyl (C=O) groups excluding carboxylic acids is 1. The van der Waals surface area contributed by atoms with Crippen LogP contribution in [0.15, 0.2) is 24.3 Å². The second-order valence-corrected chi connectivity index (χ2v) is 8.25. The SMILES string of the molecule is CN1c2ccccc2C2(C)C1CC(NC(=O)CCCl)CC2(C)C. The van der Waals surface area contributed by atoms with Gasteiger partial charge >= 0.3 is 0 Å². The van der Waals surface area contributed by atoms with Crippen molar-refractivity contribution < 1.29 is 4.79 Å². The maximum Gasteiger partial charge on any atom is 0.221 e. The summed E-state index contributed by atoms with van der Waals surface area (Å²) in [6.07, 6.45) is 2.38. The molecule has 1 N–H and O–H groups in total. The highest BCUT2D eigenvalue weighted by Crippen LogP contribution is 2.59. The van der Waals surface area contributed by atoms with Gasteiger partial charge in [-0.1, -0.05) is 39.0 Å². The molecule has 1 saturated carbocycles. The summed E-state index contributed by atoms with van der Waals surface area (Å²) in [6.45, 7) is 7.09. The van der Waals surface area contributed by atoms with Gasteiger partial charge in [0.15, 0.2) is 0 Å². The zero-order valence-corrected chi connectivity index (χ0v) is 15.3. The highest BCUT2D eigenvalue weighted by atomic mass is 35.5. The molecule has 1 heterocycles. The van der Waals surface area contributed by atoms with Crippen LogP contribution in [0, 0.1) is 5.41 Å². The van der Waals surface area contributed by atoms with E-state index < -0.39 is 0 Å². The molecule has 1 amide bonds. The maximum absolute atomic E-state index is 12.0. The van der Waals surface area contributed by atoms with Crippen LogP contribution in [0.3, 0.4) is 0 Å². The van der Waals surface area contributed by atoms with E-state index in [1.54, 1.807) is 0 Å². The number of nitrogens with one attached hydrogen (secondary N) is 1. The lowest BCUT2D eigenvalue weighted by Gasteiger charge is -2.53. The molecule has 3 nitrogen and oxygen atoms in total. The van der Waals surface area contributed by atoms with Crippen LogP contribution in [-0.4, -0.2) is 30.9 Å². The molecule has 0 radical (unpaired) electrons. The summed E-state index contributed by atoms with van der Waals surface area (Å²) in [5, 5.41) is 3.20. The third-order valence-corrected chi connectivity index (χ3v) is 6.52. The Labute approximate surface area is 144 Å². The van der Waals surface area contributed by atoms with Crippen molar-refractivity contribution in [3.8, 4) is 0 Å². The number of alkyl halides is 1. The number of carbonyl (C=O) groups is 1. The van der Waals surface area contributed by atoms with Crippen LogP contribution in [0.4, 0.5) is 5.69 Å². The van der Waals surface area contributed by atoms with Gasteiger partial charge in [-0.15, -0.1) is 11.6 Å². The number of hydrogen-bond donors (Lipinski definition) is 1. The number of rotatable bonds is 3. The average molecular weight is 335 g/mol. The minimum absolute atomic E-state index is 0.0718. The fourth-order valence-electron chi connectivity index (χ4n) is 4.84. The lowest BCUT2D eigenvalue weighted by Crippen LogP contribution is -2.59. The molecule has 126 valence electrons. The monoisotopic (exact) mass is 334 g/mol. The minimum Gasteiger partial charge on any atom is -0.370 e. The number of fused-ring (bicyclic) bond motifs is 3. The van der Waals surface area contributed by atoms with Crippen molar-refractivity contribution in [1.29, 1.82) is 0 Å². The van der Waals surface area contributed by atoms with Crippen LogP contribution in [-0.2, 0) is 10.2 Å². The lowest BCUT2D eigenvalue weighted by atomic mass is 9.54. The Balaban J connectivity index is 1.92. The zero-order chi connectivity index (χ0) is 16.8. The molecule has 1 aromatic rings. The molecule has 0 saturated heterocycles. The first-order chi connectivity index (χ1) is 10.8. The summed E-state index contributed by atoms with van der Waals surface area (Å²) in [5.41, 5.74) is 2.99. The fraction of sp³-hybridized carbons (Fsp3) is 0.632. The average Bonchev–Trinajstić information content (AvgIpc) is 2.71. The van der Waals surface area contributed by atoms with Crippen molar-refractivity contribution in [3.63, 3.8) is 0 Å². The van der Waals surface area contributed by atoms with Gasteiger partial charge in [-0.25, -0.2) is 0 Å². The molecule has 1 aromatic carbocycles. The number of halogens is 1. The van der Waals surface area contributed by atoms with E-state index in [0.29, 0.717) is 18.3 Å². The molecule has 1 aliphatic heterocycles. The molecule has 3 rings (SSSR count). The lowest BCUT2D eigenvalue weighted by molar-refractivity contribution is -0.122. The Kier molecular flexibility index (Phi) is 4.12. The van der Waals surface area contributed by atoms with Crippen molar-refractivity contribution in [2.24, 2.45) is 5.41 Å². The molecule has 23 heavy (non-hydrogen) atoms.